The van der Waals surface area contributed by atoms with E-state index in [-0.39, 0.29) is 5.54 Å². The average Bonchev–Trinajstić information content (AvgIpc) is 2.11. The van der Waals surface area contributed by atoms with Gasteiger partial charge in [0.25, 0.3) is 0 Å². The fourth-order valence-corrected chi connectivity index (χ4v) is 1.66. The first kappa shape index (κ1) is 15.3. The molecule has 1 unspecified atom stereocenters. The molecule has 0 aromatic heterocycles. The van der Waals surface area contributed by atoms with Crippen LogP contribution in [0.4, 0.5) is 0 Å². The number of unbranched alkanes of at least 4 members (excludes halogenated alkanes) is 1. The van der Waals surface area contributed by atoms with Gasteiger partial charge in [0, 0.05) is 5.54 Å². The maximum atomic E-state index is 5.90. The van der Waals surface area contributed by atoms with Crippen LogP contribution in [-0.4, -0.2) is 17.5 Å². The molecule has 3 heteroatoms. The molecular formula is C13H29N3. The third-order valence-electron chi connectivity index (χ3n) is 2.34. The summed E-state index contributed by atoms with van der Waals surface area (Å²) in [5.74, 6) is 0.585. The standard InChI is InChI=1S/C13H29N3/c1-6-8-10-11(9-7-2)15-12(14)16-13(3,4)5/h11H,6-10H2,1-5H3,(H3,14,15,16). The second-order valence-electron chi connectivity index (χ2n) is 5.47. The number of nitrogens with two attached hydrogens (primary N) is 1. The van der Waals surface area contributed by atoms with E-state index in [9.17, 15) is 0 Å². The number of hydrogen-bond acceptors (Lipinski definition) is 1. The molecule has 3 N–H and O–H groups in total. The summed E-state index contributed by atoms with van der Waals surface area (Å²) in [6.45, 7) is 10.7. The van der Waals surface area contributed by atoms with Crippen molar-refractivity contribution in [2.45, 2.75) is 78.3 Å². The Kier molecular flexibility index (Phi) is 7.18. The molecule has 0 saturated carbocycles. The minimum absolute atomic E-state index is 0.00486. The lowest BCUT2D eigenvalue weighted by Crippen LogP contribution is -2.45. The molecule has 16 heavy (non-hydrogen) atoms. The quantitative estimate of drug-likeness (QED) is 0.541. The molecule has 96 valence electrons. The number of nitrogens with zero attached hydrogens (tertiary/aromatic N) is 1. The summed E-state index contributed by atoms with van der Waals surface area (Å²) >= 11 is 0. The fourth-order valence-electron chi connectivity index (χ4n) is 1.66. The first-order valence-electron chi connectivity index (χ1n) is 6.50. The van der Waals surface area contributed by atoms with Crippen LogP contribution in [0.25, 0.3) is 0 Å². The number of nitrogens with one attached hydrogen (secondary N) is 1. The van der Waals surface area contributed by atoms with E-state index in [1.165, 1.54) is 19.3 Å². The molecule has 0 aromatic rings. The first-order valence-corrected chi connectivity index (χ1v) is 6.50. The minimum Gasteiger partial charge on any atom is -0.370 e. The van der Waals surface area contributed by atoms with Crippen molar-refractivity contribution in [3.8, 4) is 0 Å². The molecule has 0 aromatic carbocycles. The molecule has 3 nitrogen and oxygen atoms in total. The second kappa shape index (κ2) is 7.53. The topological polar surface area (TPSA) is 50.4 Å². The summed E-state index contributed by atoms with van der Waals surface area (Å²) in [6, 6.07) is 0.389. The summed E-state index contributed by atoms with van der Waals surface area (Å²) < 4.78 is 0. The molecular weight excluding hydrogens is 198 g/mol. The van der Waals surface area contributed by atoms with Crippen molar-refractivity contribution in [1.82, 2.24) is 5.32 Å². The third kappa shape index (κ3) is 8.57. The van der Waals surface area contributed by atoms with Crippen molar-refractivity contribution in [3.63, 3.8) is 0 Å². The lowest BCUT2D eigenvalue weighted by Gasteiger charge is -2.22. The Morgan fingerprint density at radius 3 is 2.25 bits per heavy atom. The number of guanidine groups is 1. The van der Waals surface area contributed by atoms with Crippen LogP contribution < -0.4 is 11.1 Å². The van der Waals surface area contributed by atoms with E-state index in [1.807, 2.05) is 0 Å². The number of hydrogen-bond donors (Lipinski definition) is 2. The zero-order valence-electron chi connectivity index (χ0n) is 11.6. The molecule has 1 atom stereocenters. The molecule has 0 aliphatic heterocycles. The molecule has 0 radical (unpaired) electrons. The Hall–Kier alpha value is -0.730. The van der Waals surface area contributed by atoms with E-state index in [1.54, 1.807) is 0 Å². The fraction of sp³-hybridized carbons (Fsp3) is 0.923. The van der Waals surface area contributed by atoms with Crippen LogP contribution in [0.15, 0.2) is 4.99 Å². The van der Waals surface area contributed by atoms with Gasteiger partial charge in [0.15, 0.2) is 5.96 Å². The molecule has 0 fully saturated rings. The van der Waals surface area contributed by atoms with Crippen molar-refractivity contribution >= 4 is 5.96 Å². The van der Waals surface area contributed by atoms with Gasteiger partial charge in [-0.15, -0.1) is 0 Å². The highest BCUT2D eigenvalue weighted by molar-refractivity contribution is 5.78. The largest absolute Gasteiger partial charge is 0.370 e. The van der Waals surface area contributed by atoms with Crippen molar-refractivity contribution in [2.75, 3.05) is 0 Å². The van der Waals surface area contributed by atoms with Gasteiger partial charge in [0.1, 0.15) is 0 Å². The van der Waals surface area contributed by atoms with E-state index in [2.05, 4.69) is 44.9 Å². The van der Waals surface area contributed by atoms with Gasteiger partial charge in [-0.25, -0.2) is 0 Å². The van der Waals surface area contributed by atoms with Gasteiger partial charge in [-0.05, 0) is 33.6 Å². The van der Waals surface area contributed by atoms with E-state index in [4.69, 9.17) is 5.73 Å². The van der Waals surface area contributed by atoms with Gasteiger partial charge in [0.2, 0.25) is 0 Å². The van der Waals surface area contributed by atoms with Crippen LogP contribution in [0.5, 0.6) is 0 Å². The van der Waals surface area contributed by atoms with E-state index in [0.717, 1.165) is 12.8 Å². The van der Waals surface area contributed by atoms with Gasteiger partial charge in [-0.1, -0.05) is 33.1 Å². The van der Waals surface area contributed by atoms with Gasteiger partial charge in [-0.3, -0.25) is 4.99 Å². The number of aliphatic imine (C=N–C) groups is 1. The summed E-state index contributed by atoms with van der Waals surface area (Å²) in [4.78, 5) is 4.57. The summed E-state index contributed by atoms with van der Waals surface area (Å²) in [7, 11) is 0. The van der Waals surface area contributed by atoms with Crippen molar-refractivity contribution in [2.24, 2.45) is 10.7 Å². The average molecular weight is 227 g/mol. The summed E-state index contributed by atoms with van der Waals surface area (Å²) in [5.41, 5.74) is 5.90. The summed E-state index contributed by atoms with van der Waals surface area (Å²) in [5, 5.41) is 3.21. The van der Waals surface area contributed by atoms with E-state index in [0.29, 0.717) is 12.0 Å². The molecule has 0 aliphatic carbocycles. The summed E-state index contributed by atoms with van der Waals surface area (Å²) in [6.07, 6.45) is 5.91. The van der Waals surface area contributed by atoms with Gasteiger partial charge in [-0.2, -0.15) is 0 Å². The Balaban J connectivity index is 4.27. The predicted octanol–water partition coefficient (Wildman–Crippen LogP) is 3.05. The van der Waals surface area contributed by atoms with Crippen molar-refractivity contribution < 1.29 is 0 Å². The van der Waals surface area contributed by atoms with Crippen LogP contribution in [0.3, 0.4) is 0 Å². The first-order chi connectivity index (χ1) is 7.39. The highest BCUT2D eigenvalue weighted by Gasteiger charge is 2.12. The Morgan fingerprint density at radius 1 is 1.19 bits per heavy atom. The molecule has 0 rings (SSSR count). The maximum absolute atomic E-state index is 5.90. The second-order valence-corrected chi connectivity index (χ2v) is 5.47. The predicted molar refractivity (Wildman–Crippen MR) is 72.7 cm³/mol. The van der Waals surface area contributed by atoms with Crippen LogP contribution in [-0.2, 0) is 0 Å². The third-order valence-corrected chi connectivity index (χ3v) is 2.34. The molecule has 0 saturated heterocycles. The maximum Gasteiger partial charge on any atom is 0.189 e. The Morgan fingerprint density at radius 2 is 1.81 bits per heavy atom. The molecule has 0 bridgehead atoms. The number of rotatable bonds is 6. The highest BCUT2D eigenvalue weighted by Crippen LogP contribution is 2.11. The van der Waals surface area contributed by atoms with Crippen molar-refractivity contribution in [1.29, 1.82) is 0 Å². The van der Waals surface area contributed by atoms with E-state index < -0.39 is 0 Å². The van der Waals surface area contributed by atoms with Gasteiger partial charge in [0.05, 0.1) is 6.04 Å². The van der Waals surface area contributed by atoms with E-state index >= 15 is 0 Å². The lowest BCUT2D eigenvalue weighted by molar-refractivity contribution is 0.496. The molecule has 0 aliphatic rings. The molecule has 0 amide bonds. The van der Waals surface area contributed by atoms with Gasteiger partial charge < -0.3 is 11.1 Å². The molecule has 0 heterocycles. The zero-order chi connectivity index (χ0) is 12.6. The lowest BCUT2D eigenvalue weighted by atomic mass is 10.1. The minimum atomic E-state index is -0.00486. The zero-order valence-corrected chi connectivity index (χ0v) is 11.6. The van der Waals surface area contributed by atoms with Gasteiger partial charge >= 0.3 is 0 Å². The smallest absolute Gasteiger partial charge is 0.189 e. The van der Waals surface area contributed by atoms with Crippen LogP contribution in [0.2, 0.25) is 0 Å². The van der Waals surface area contributed by atoms with Crippen LogP contribution in [0.1, 0.15) is 66.7 Å². The molecule has 0 spiro atoms. The SMILES string of the molecule is CCCCC(CCC)N=C(N)NC(C)(C)C. The highest BCUT2D eigenvalue weighted by atomic mass is 15.1. The van der Waals surface area contributed by atoms with Crippen LogP contribution >= 0.6 is 0 Å². The van der Waals surface area contributed by atoms with Crippen LogP contribution in [0, 0.1) is 0 Å². The monoisotopic (exact) mass is 227 g/mol. The Labute approximate surface area is 101 Å². The van der Waals surface area contributed by atoms with Crippen molar-refractivity contribution in [3.05, 3.63) is 0 Å². The normalized spacial score (nSPS) is 14.9. The Bertz CT molecular complexity index is 204.